The molecule has 6 nitrogen and oxygen atoms in total. The Bertz CT molecular complexity index is 1320. The van der Waals surface area contributed by atoms with Crippen molar-refractivity contribution in [2.45, 2.75) is 45.4 Å². The number of aromatic nitrogens is 1. The van der Waals surface area contributed by atoms with E-state index >= 15 is 0 Å². The molecule has 1 aromatic carbocycles. The van der Waals surface area contributed by atoms with Gasteiger partial charge in [-0.3, -0.25) is 9.59 Å². The van der Waals surface area contributed by atoms with E-state index in [1.54, 1.807) is 18.5 Å². The maximum atomic E-state index is 13.6. The summed E-state index contributed by atoms with van der Waals surface area (Å²) in [6.07, 6.45) is 4.36. The molecule has 2 N–H and O–H groups in total. The number of carbonyl (C=O) groups is 2. The molecule has 0 saturated heterocycles. The summed E-state index contributed by atoms with van der Waals surface area (Å²) in [6, 6.07) is 15.4. The average molecular weight is 454 g/mol. The van der Waals surface area contributed by atoms with Gasteiger partial charge in [0.25, 0.3) is 5.91 Å². The smallest absolute Gasteiger partial charge is 0.255 e. The van der Waals surface area contributed by atoms with Gasteiger partial charge in [-0.05, 0) is 62.1 Å². The largest absolute Gasteiger partial charge is 0.469 e. The number of amides is 1. The molecule has 0 saturated carbocycles. The number of hydrogen-bond acceptors (Lipinski definition) is 5. The van der Waals surface area contributed by atoms with Gasteiger partial charge in [0.15, 0.2) is 5.78 Å². The third-order valence-electron chi connectivity index (χ3n) is 6.67. The summed E-state index contributed by atoms with van der Waals surface area (Å²) in [4.78, 5) is 31.5. The lowest BCUT2D eigenvalue weighted by Crippen LogP contribution is -2.37. The third-order valence-corrected chi connectivity index (χ3v) is 6.67. The van der Waals surface area contributed by atoms with Gasteiger partial charge in [-0.25, -0.2) is 4.98 Å². The molecule has 2 aromatic heterocycles. The number of furan rings is 1. The molecule has 0 radical (unpaired) electrons. The second-order valence-corrected chi connectivity index (χ2v) is 9.06. The standard InChI is InChI=1S/C28H27N3O3/c1-16-10-11-24(29-15-16)31-28(33)25-18(3)30-21-13-19(23-9-6-12-34-23)14-22(32)27(21)26(25)20-8-5-4-7-17(20)2/h4-12,15,19,26,30H,13-14H2,1-3H3,(H,29,31,33). The minimum atomic E-state index is -0.451. The first-order valence-electron chi connectivity index (χ1n) is 11.5. The van der Waals surface area contributed by atoms with Crippen molar-refractivity contribution in [3.8, 4) is 0 Å². The summed E-state index contributed by atoms with van der Waals surface area (Å²) in [5.74, 6) is 0.591. The average Bonchev–Trinajstić information content (AvgIpc) is 3.35. The molecule has 0 bridgehead atoms. The fourth-order valence-corrected chi connectivity index (χ4v) is 5.01. The Kier molecular flexibility index (Phi) is 5.65. The molecule has 2 atom stereocenters. The molecule has 2 unspecified atom stereocenters. The van der Waals surface area contributed by atoms with Gasteiger partial charge >= 0.3 is 0 Å². The van der Waals surface area contributed by atoms with Gasteiger partial charge in [0.2, 0.25) is 0 Å². The van der Waals surface area contributed by atoms with Crippen molar-refractivity contribution in [1.29, 1.82) is 0 Å². The highest BCUT2D eigenvalue weighted by molar-refractivity contribution is 6.09. The molecule has 34 heavy (non-hydrogen) atoms. The summed E-state index contributed by atoms with van der Waals surface area (Å²) in [5.41, 5.74) is 5.83. The van der Waals surface area contributed by atoms with Crippen LogP contribution in [-0.4, -0.2) is 16.7 Å². The van der Waals surface area contributed by atoms with Gasteiger partial charge < -0.3 is 15.1 Å². The maximum absolute atomic E-state index is 13.6. The van der Waals surface area contributed by atoms with E-state index in [4.69, 9.17) is 4.42 Å². The predicted octanol–water partition coefficient (Wildman–Crippen LogP) is 5.29. The minimum absolute atomic E-state index is 0.0220. The van der Waals surface area contributed by atoms with Crippen LogP contribution in [0.4, 0.5) is 5.82 Å². The monoisotopic (exact) mass is 453 g/mol. The predicted molar refractivity (Wildman–Crippen MR) is 130 cm³/mol. The van der Waals surface area contributed by atoms with E-state index in [2.05, 4.69) is 15.6 Å². The lowest BCUT2D eigenvalue weighted by atomic mass is 9.71. The van der Waals surface area contributed by atoms with Crippen molar-refractivity contribution in [2.24, 2.45) is 0 Å². The highest BCUT2D eigenvalue weighted by atomic mass is 16.3. The number of rotatable bonds is 4. The van der Waals surface area contributed by atoms with E-state index in [0.717, 1.165) is 33.8 Å². The number of Topliss-reactive ketones (excluding diaryl/α,β-unsaturated/α-hetero) is 1. The molecular formula is C28H27N3O3. The van der Waals surface area contributed by atoms with Crippen LogP contribution in [0.15, 0.2) is 87.9 Å². The molecule has 172 valence electrons. The highest BCUT2D eigenvalue weighted by Crippen LogP contribution is 2.46. The van der Waals surface area contributed by atoms with Gasteiger partial charge in [-0.2, -0.15) is 0 Å². The molecule has 0 spiro atoms. The molecule has 1 aliphatic heterocycles. The Morgan fingerprint density at radius 3 is 2.59 bits per heavy atom. The zero-order valence-corrected chi connectivity index (χ0v) is 19.5. The van der Waals surface area contributed by atoms with Crippen molar-refractivity contribution < 1.29 is 14.0 Å². The number of carbonyl (C=O) groups excluding carboxylic acids is 2. The van der Waals surface area contributed by atoms with Gasteiger partial charge in [0.05, 0.1) is 6.26 Å². The lowest BCUT2D eigenvalue weighted by Gasteiger charge is -2.37. The van der Waals surface area contributed by atoms with Crippen molar-refractivity contribution in [2.75, 3.05) is 5.32 Å². The van der Waals surface area contributed by atoms with Gasteiger partial charge in [-0.15, -0.1) is 0 Å². The SMILES string of the molecule is CC1=C(C(=O)Nc2ccc(C)cn2)C(c2ccccc2C)C2=C(CC(c3ccco3)CC2=O)N1. The van der Waals surface area contributed by atoms with Crippen molar-refractivity contribution in [3.05, 3.63) is 106 Å². The van der Waals surface area contributed by atoms with Crippen molar-refractivity contribution in [1.82, 2.24) is 10.3 Å². The summed E-state index contributed by atoms with van der Waals surface area (Å²) in [7, 11) is 0. The Morgan fingerprint density at radius 1 is 1.06 bits per heavy atom. The molecule has 0 fully saturated rings. The Morgan fingerprint density at radius 2 is 1.88 bits per heavy atom. The number of aryl methyl sites for hydroxylation is 2. The van der Waals surface area contributed by atoms with E-state index in [-0.39, 0.29) is 17.6 Å². The normalized spacial score (nSPS) is 20.1. The molecule has 3 heterocycles. The second-order valence-electron chi connectivity index (χ2n) is 9.06. The molecule has 6 heteroatoms. The van der Waals surface area contributed by atoms with E-state index in [9.17, 15) is 9.59 Å². The lowest BCUT2D eigenvalue weighted by molar-refractivity contribution is -0.116. The van der Waals surface area contributed by atoms with Crippen LogP contribution in [0.2, 0.25) is 0 Å². The summed E-state index contributed by atoms with van der Waals surface area (Å²) in [5, 5.41) is 6.33. The van der Waals surface area contributed by atoms with Crippen LogP contribution in [0.3, 0.4) is 0 Å². The molecular weight excluding hydrogens is 426 g/mol. The van der Waals surface area contributed by atoms with Crippen LogP contribution in [0.1, 0.15) is 54.1 Å². The fraction of sp³-hybridized carbons (Fsp3) is 0.250. The minimum Gasteiger partial charge on any atom is -0.469 e. The van der Waals surface area contributed by atoms with E-state index in [0.29, 0.717) is 29.8 Å². The van der Waals surface area contributed by atoms with Crippen molar-refractivity contribution in [3.63, 3.8) is 0 Å². The number of dihydropyridines is 1. The topological polar surface area (TPSA) is 84.2 Å². The quantitative estimate of drug-likeness (QED) is 0.561. The number of anilines is 1. The van der Waals surface area contributed by atoms with Crippen LogP contribution in [-0.2, 0) is 9.59 Å². The number of hydrogen-bond donors (Lipinski definition) is 2. The zero-order valence-electron chi connectivity index (χ0n) is 19.5. The number of nitrogens with zero attached hydrogens (tertiary/aromatic N) is 1. The zero-order chi connectivity index (χ0) is 23.8. The van der Waals surface area contributed by atoms with Crippen LogP contribution < -0.4 is 10.6 Å². The first-order valence-corrected chi connectivity index (χ1v) is 11.5. The molecule has 5 rings (SSSR count). The summed E-state index contributed by atoms with van der Waals surface area (Å²) >= 11 is 0. The molecule has 1 amide bonds. The summed E-state index contributed by atoms with van der Waals surface area (Å²) in [6.45, 7) is 5.86. The first kappa shape index (κ1) is 21.9. The van der Waals surface area contributed by atoms with Gasteiger partial charge in [0, 0.05) is 47.0 Å². The van der Waals surface area contributed by atoms with Gasteiger partial charge in [0.1, 0.15) is 11.6 Å². The highest BCUT2D eigenvalue weighted by Gasteiger charge is 2.41. The number of ketones is 1. The van der Waals surface area contributed by atoms with E-state index < -0.39 is 5.92 Å². The van der Waals surface area contributed by atoms with Crippen molar-refractivity contribution >= 4 is 17.5 Å². The van der Waals surface area contributed by atoms with Gasteiger partial charge in [-0.1, -0.05) is 30.3 Å². The van der Waals surface area contributed by atoms with E-state index in [1.807, 2.05) is 63.2 Å². The Labute approximate surface area is 198 Å². The maximum Gasteiger partial charge on any atom is 0.255 e. The van der Waals surface area contributed by atoms with Crippen LogP contribution in [0, 0.1) is 13.8 Å². The Hall–Kier alpha value is -3.93. The third kappa shape index (κ3) is 3.96. The van der Waals surface area contributed by atoms with Crippen LogP contribution in [0.5, 0.6) is 0 Å². The molecule has 1 aliphatic carbocycles. The fourth-order valence-electron chi connectivity index (χ4n) is 5.01. The molecule has 3 aromatic rings. The van der Waals surface area contributed by atoms with E-state index in [1.165, 1.54) is 0 Å². The van der Waals surface area contributed by atoms with Crippen LogP contribution >= 0.6 is 0 Å². The number of benzene rings is 1. The number of allylic oxidation sites excluding steroid dienone is 3. The number of pyridine rings is 1. The second kappa shape index (κ2) is 8.78. The van der Waals surface area contributed by atoms with Crippen LogP contribution in [0.25, 0.3) is 0 Å². The molecule has 2 aliphatic rings. The number of nitrogens with one attached hydrogen (secondary N) is 2. The first-order chi connectivity index (χ1) is 16.4. The summed E-state index contributed by atoms with van der Waals surface area (Å²) < 4.78 is 5.61. The Balaban J connectivity index is 1.57.